The number of carboxylic acid groups (broad SMARTS) is 1. The maximum absolute atomic E-state index is 13.1. The number of nitrogens with zero attached hydrogens (tertiary/aromatic N) is 1. The van der Waals surface area contributed by atoms with Gasteiger partial charge in [0.1, 0.15) is 5.75 Å². The largest absolute Gasteiger partial charge is 0.506 e. The molecule has 0 aliphatic heterocycles. The third-order valence-electron chi connectivity index (χ3n) is 11.8. The van der Waals surface area contributed by atoms with Crippen LogP contribution in [0.25, 0.3) is 10.9 Å². The molecule has 11 nitrogen and oxygen atoms in total. The zero-order valence-electron chi connectivity index (χ0n) is 34.5. The second-order valence-electron chi connectivity index (χ2n) is 16.9. The van der Waals surface area contributed by atoms with Crippen molar-refractivity contribution in [3.8, 4) is 5.75 Å². The normalized spacial score (nSPS) is 17.0. The number of carboxylic acids is 1. The molecule has 1 amide bonds. The van der Waals surface area contributed by atoms with Crippen LogP contribution in [-0.4, -0.2) is 72.6 Å². The number of benzene rings is 2. The monoisotopic (exact) mass is 878 g/mol. The van der Waals surface area contributed by atoms with Gasteiger partial charge in [0.15, 0.2) is 8.32 Å². The van der Waals surface area contributed by atoms with Crippen molar-refractivity contribution in [3.63, 3.8) is 0 Å². The maximum Gasteiger partial charge on any atom is 0.347 e. The molecule has 2 aromatic carbocycles. The SMILES string of the molecule is CN(CCC(=O)Nc1ccc(CNC[C@H](O[Si](C)(C)C(C)(C)C)c2ccc(O)c3[nH]c(=O)ccc23)cc1Cl)C1CCC(OC(C(=O)O)(c2cccs2)c2cccs2)CC1. The number of halogens is 1. The lowest BCUT2D eigenvalue weighted by Gasteiger charge is -2.39. The van der Waals surface area contributed by atoms with E-state index in [-0.39, 0.29) is 40.5 Å². The van der Waals surface area contributed by atoms with E-state index >= 15 is 0 Å². The maximum atomic E-state index is 13.1. The number of nitrogens with one attached hydrogen (secondary N) is 3. The minimum absolute atomic E-state index is 0.00477. The number of aromatic nitrogens is 1. The van der Waals surface area contributed by atoms with Crippen LogP contribution in [0.4, 0.5) is 5.69 Å². The summed E-state index contributed by atoms with van der Waals surface area (Å²) in [5.41, 5.74) is 0.927. The number of phenolic OH excluding ortho intramolecular Hbond substituents is 1. The van der Waals surface area contributed by atoms with Gasteiger partial charge in [-0.25, -0.2) is 4.79 Å². The third kappa shape index (κ3) is 10.4. The summed E-state index contributed by atoms with van der Waals surface area (Å²) >= 11 is 9.49. The van der Waals surface area contributed by atoms with Crippen molar-refractivity contribution in [2.45, 2.75) is 101 Å². The van der Waals surface area contributed by atoms with Crippen molar-refractivity contribution < 1.29 is 29.0 Å². The fourth-order valence-electron chi connectivity index (χ4n) is 7.39. The smallest absolute Gasteiger partial charge is 0.347 e. The zero-order valence-corrected chi connectivity index (χ0v) is 37.9. The van der Waals surface area contributed by atoms with Gasteiger partial charge in [0.05, 0.1) is 38.2 Å². The summed E-state index contributed by atoms with van der Waals surface area (Å²) in [5.74, 6) is -1.13. The molecule has 5 aromatic rings. The van der Waals surface area contributed by atoms with Crippen LogP contribution in [-0.2, 0) is 30.9 Å². The van der Waals surface area contributed by atoms with Crippen LogP contribution in [0.15, 0.2) is 82.3 Å². The van der Waals surface area contributed by atoms with Crippen molar-refractivity contribution in [2.75, 3.05) is 25.5 Å². The molecule has 1 atom stereocenters. The van der Waals surface area contributed by atoms with Gasteiger partial charge in [0, 0.05) is 43.5 Å². The third-order valence-corrected chi connectivity index (χ3v) is 18.5. The highest BCUT2D eigenvalue weighted by molar-refractivity contribution is 7.12. The lowest BCUT2D eigenvalue weighted by Crippen LogP contribution is -2.44. The molecule has 59 heavy (non-hydrogen) atoms. The van der Waals surface area contributed by atoms with Gasteiger partial charge in [-0.3, -0.25) is 9.59 Å². The molecule has 1 aliphatic carbocycles. The molecule has 3 aromatic heterocycles. The van der Waals surface area contributed by atoms with E-state index in [1.165, 1.54) is 28.7 Å². The Morgan fingerprint density at radius 2 is 1.68 bits per heavy atom. The van der Waals surface area contributed by atoms with Gasteiger partial charge in [0.2, 0.25) is 17.1 Å². The fourth-order valence-corrected chi connectivity index (χ4v) is 10.7. The number of fused-ring (bicyclic) bond motifs is 1. The average molecular weight is 880 g/mol. The summed E-state index contributed by atoms with van der Waals surface area (Å²) in [5, 5.41) is 32.4. The zero-order chi connectivity index (χ0) is 42.5. The van der Waals surface area contributed by atoms with E-state index in [4.69, 9.17) is 20.8 Å². The van der Waals surface area contributed by atoms with E-state index in [0.717, 1.165) is 42.2 Å². The minimum Gasteiger partial charge on any atom is -0.506 e. The number of rotatable bonds is 17. The summed E-state index contributed by atoms with van der Waals surface area (Å²) in [6.07, 6.45) is 2.86. The molecule has 0 spiro atoms. The van der Waals surface area contributed by atoms with E-state index in [0.29, 0.717) is 52.0 Å². The molecule has 5 N–H and O–H groups in total. The Bertz CT molecular complexity index is 2230. The van der Waals surface area contributed by atoms with E-state index < -0.39 is 19.9 Å². The summed E-state index contributed by atoms with van der Waals surface area (Å²) in [7, 11) is -0.214. The molecule has 0 unspecified atom stereocenters. The predicted molar refractivity (Wildman–Crippen MR) is 240 cm³/mol. The number of anilines is 1. The van der Waals surface area contributed by atoms with Crippen molar-refractivity contribution in [3.05, 3.63) is 114 Å². The second kappa shape index (κ2) is 18.8. The number of H-pyrrole nitrogens is 1. The highest BCUT2D eigenvalue weighted by Crippen LogP contribution is 2.43. The standard InChI is InChI=1S/C44H55ClN4O7S2Si/c1-43(2,3)59(5,6)56-36(31-16-19-35(50)41-32(31)17-20-39(51)48-41)27-46-26-28-11-18-34(33(45)25-28)47-40(52)21-22-49(4)29-12-14-30(15-13-29)55-44(42(53)54,37-9-7-23-57-37)38-10-8-24-58-38/h7-11,16-20,23-25,29-30,36,46,50H,12-15,21-22,26-27H2,1-6H3,(H,47,52)(H,48,51)(H,53,54)/t29?,30?,36-/m0/s1. The number of amides is 1. The Hall–Kier alpha value is -3.86. The van der Waals surface area contributed by atoms with Crippen molar-refractivity contribution in [1.82, 2.24) is 15.2 Å². The summed E-state index contributed by atoms with van der Waals surface area (Å²) in [6, 6.07) is 19.9. The van der Waals surface area contributed by atoms with Crippen molar-refractivity contribution >= 4 is 71.1 Å². The number of aromatic amines is 1. The van der Waals surface area contributed by atoms with Gasteiger partial charge in [-0.15, -0.1) is 22.7 Å². The van der Waals surface area contributed by atoms with E-state index in [9.17, 15) is 24.6 Å². The molecule has 3 heterocycles. The fraction of sp³-hybridized carbons (Fsp3) is 0.432. The first-order valence-electron chi connectivity index (χ1n) is 20.0. The summed E-state index contributed by atoms with van der Waals surface area (Å²) in [6.45, 7) is 12.5. The number of aromatic hydroxyl groups is 1. The Balaban J connectivity index is 1.01. The van der Waals surface area contributed by atoms with Gasteiger partial charge in [-0.2, -0.15) is 0 Å². The number of hydrogen-bond donors (Lipinski definition) is 5. The second-order valence-corrected chi connectivity index (χ2v) is 23.9. The van der Waals surface area contributed by atoms with Gasteiger partial charge in [0.25, 0.3) is 0 Å². The molecule has 0 bridgehead atoms. The summed E-state index contributed by atoms with van der Waals surface area (Å²) < 4.78 is 13.5. The first-order valence-corrected chi connectivity index (χ1v) is 25.0. The number of phenols is 1. The first-order chi connectivity index (χ1) is 28.0. The quantitative estimate of drug-likeness (QED) is 0.0575. The van der Waals surface area contributed by atoms with Crippen LogP contribution in [0.5, 0.6) is 5.75 Å². The highest BCUT2D eigenvalue weighted by atomic mass is 35.5. The van der Waals surface area contributed by atoms with Crippen LogP contribution >= 0.6 is 34.3 Å². The molecule has 0 radical (unpaired) electrons. The summed E-state index contributed by atoms with van der Waals surface area (Å²) in [4.78, 5) is 44.3. The van der Waals surface area contributed by atoms with Crippen LogP contribution in [0.1, 0.15) is 79.9 Å². The minimum atomic E-state index is -2.24. The molecule has 0 saturated heterocycles. The highest BCUT2D eigenvalue weighted by Gasteiger charge is 2.48. The predicted octanol–water partition coefficient (Wildman–Crippen LogP) is 9.48. The van der Waals surface area contributed by atoms with Crippen LogP contribution in [0, 0.1) is 0 Å². The number of aliphatic carboxylic acids is 1. The Morgan fingerprint density at radius 1 is 1.00 bits per heavy atom. The molecule has 1 saturated carbocycles. The van der Waals surface area contributed by atoms with Gasteiger partial charge in [-0.1, -0.05) is 56.6 Å². The number of pyridine rings is 1. The first kappa shape index (κ1) is 44.7. The van der Waals surface area contributed by atoms with Gasteiger partial charge < -0.3 is 39.9 Å². The van der Waals surface area contributed by atoms with E-state index in [2.05, 4.69) is 54.4 Å². The lowest BCUT2D eigenvalue weighted by atomic mass is 9.90. The molecule has 15 heteroatoms. The number of carbonyl (C=O) groups excluding carboxylic acids is 1. The van der Waals surface area contributed by atoms with Gasteiger partial charge in [-0.05, 0) is 109 Å². The Labute approximate surface area is 359 Å². The Kier molecular flexibility index (Phi) is 14.2. The topological polar surface area (TPSA) is 153 Å². The van der Waals surface area contributed by atoms with Crippen LogP contribution < -0.4 is 16.2 Å². The molecule has 1 fully saturated rings. The van der Waals surface area contributed by atoms with E-state index in [1.807, 2.05) is 66.3 Å². The molecule has 6 rings (SSSR count). The molecular weight excluding hydrogens is 824 g/mol. The lowest BCUT2D eigenvalue weighted by molar-refractivity contribution is -0.170. The Morgan fingerprint density at radius 3 is 2.27 bits per heavy atom. The number of ether oxygens (including phenoxy) is 1. The van der Waals surface area contributed by atoms with Gasteiger partial charge >= 0.3 is 5.97 Å². The average Bonchev–Trinajstić information content (AvgIpc) is 3.93. The molecular formula is C44H55ClN4O7S2Si. The molecule has 1 aliphatic rings. The number of hydrogen-bond acceptors (Lipinski definition) is 10. The molecule has 316 valence electrons. The number of carbonyl (C=O) groups is 2. The van der Waals surface area contributed by atoms with E-state index in [1.54, 1.807) is 12.1 Å². The van der Waals surface area contributed by atoms with Crippen molar-refractivity contribution in [2.24, 2.45) is 0 Å². The van der Waals surface area contributed by atoms with Crippen LogP contribution in [0.3, 0.4) is 0 Å². The van der Waals surface area contributed by atoms with Crippen molar-refractivity contribution in [1.29, 1.82) is 0 Å². The van der Waals surface area contributed by atoms with Crippen LogP contribution in [0.2, 0.25) is 23.2 Å². The number of thiophene rings is 2.